The molecule has 9 atom stereocenters. The van der Waals surface area contributed by atoms with Crippen molar-refractivity contribution in [3.8, 4) is 0 Å². The van der Waals surface area contributed by atoms with E-state index in [-0.39, 0.29) is 47.9 Å². The predicted octanol–water partition coefficient (Wildman–Crippen LogP) is 3.13. The fraction of sp³-hybridized carbons (Fsp3) is 0.848. The fourth-order valence-electron chi connectivity index (χ4n) is 10.5. The summed E-state index contributed by atoms with van der Waals surface area (Å²) < 4.78 is 16.6. The molecule has 5 fully saturated rings. The Bertz CT molecular complexity index is 1140. The first kappa shape index (κ1) is 30.8. The van der Waals surface area contributed by atoms with E-state index in [1.165, 1.54) is 6.92 Å². The molecule has 2 aliphatic heterocycles. The van der Waals surface area contributed by atoms with Gasteiger partial charge >= 0.3 is 18.0 Å². The highest BCUT2D eigenvalue weighted by molar-refractivity contribution is 5.85. The summed E-state index contributed by atoms with van der Waals surface area (Å²) in [5, 5.41) is 15.9. The second kappa shape index (κ2) is 11.6. The number of hydrogen-bond acceptors (Lipinski definition) is 8. The number of carbonyl (C=O) groups excluding carboxylic acids is 3. The number of rotatable bonds is 6. The smallest absolute Gasteiger partial charge is 0.331 e. The Morgan fingerprint density at radius 1 is 1.14 bits per heavy atom. The molecule has 1 saturated heterocycles. The topological polar surface area (TPSA) is 118 Å². The third-order valence-corrected chi connectivity index (χ3v) is 12.9. The van der Waals surface area contributed by atoms with Gasteiger partial charge in [0.25, 0.3) is 0 Å². The van der Waals surface area contributed by atoms with E-state index < -0.39 is 17.1 Å². The van der Waals surface area contributed by atoms with Crippen LogP contribution in [0.1, 0.15) is 72.1 Å². The van der Waals surface area contributed by atoms with Crippen LogP contribution in [0.5, 0.6) is 0 Å². The Balaban J connectivity index is 1.13. The van der Waals surface area contributed by atoms with E-state index in [1.54, 1.807) is 6.08 Å². The second-order valence-electron chi connectivity index (χ2n) is 14.8. The third kappa shape index (κ3) is 5.29. The van der Waals surface area contributed by atoms with Gasteiger partial charge in [0.15, 0.2) is 0 Å². The van der Waals surface area contributed by atoms with Crippen LogP contribution in [-0.2, 0) is 23.8 Å². The molecule has 0 spiro atoms. The van der Waals surface area contributed by atoms with Crippen molar-refractivity contribution in [1.82, 2.24) is 15.1 Å². The second-order valence-corrected chi connectivity index (χ2v) is 14.8. The largest absolute Gasteiger partial charge is 0.462 e. The highest BCUT2D eigenvalue weighted by Gasteiger charge is 2.71. The van der Waals surface area contributed by atoms with E-state index in [4.69, 9.17) is 14.2 Å². The van der Waals surface area contributed by atoms with Crippen molar-refractivity contribution in [3.63, 3.8) is 0 Å². The summed E-state index contributed by atoms with van der Waals surface area (Å²) in [5.74, 6) is 0.0212. The van der Waals surface area contributed by atoms with Gasteiger partial charge in [0.2, 0.25) is 0 Å². The number of ether oxygens (including phenoxy) is 3. The predicted molar refractivity (Wildman–Crippen MR) is 159 cm³/mol. The minimum absolute atomic E-state index is 0.00971. The summed E-state index contributed by atoms with van der Waals surface area (Å²) >= 11 is 0. The van der Waals surface area contributed by atoms with Gasteiger partial charge in [-0.05, 0) is 73.7 Å². The van der Waals surface area contributed by atoms with E-state index in [1.807, 2.05) is 11.9 Å². The summed E-state index contributed by atoms with van der Waals surface area (Å²) in [7, 11) is 1.94. The molecule has 6 aliphatic rings. The zero-order chi connectivity index (χ0) is 30.6. The van der Waals surface area contributed by atoms with Crippen LogP contribution in [0, 0.1) is 34.5 Å². The average molecular weight is 602 g/mol. The average Bonchev–Trinajstić information content (AvgIpc) is 3.49. The number of nitrogens with one attached hydrogen (secondary N) is 1. The van der Waals surface area contributed by atoms with Crippen LogP contribution in [0.3, 0.4) is 0 Å². The van der Waals surface area contributed by atoms with Crippen LogP contribution in [0.2, 0.25) is 0 Å². The Morgan fingerprint density at radius 2 is 1.91 bits per heavy atom. The molecule has 4 saturated carbocycles. The monoisotopic (exact) mass is 601 g/mol. The summed E-state index contributed by atoms with van der Waals surface area (Å²) in [6, 6.07) is 0.224. The lowest BCUT2D eigenvalue weighted by atomic mass is 9.43. The maximum Gasteiger partial charge on any atom is 0.331 e. The summed E-state index contributed by atoms with van der Waals surface area (Å²) in [6.45, 7) is 11.1. The van der Waals surface area contributed by atoms with Gasteiger partial charge in [-0.15, -0.1) is 0 Å². The van der Waals surface area contributed by atoms with Gasteiger partial charge in [-0.25, -0.2) is 9.59 Å². The first-order valence-electron chi connectivity index (χ1n) is 16.5. The molecule has 2 amide bonds. The number of cyclic esters (lactones) is 1. The number of morpholine rings is 1. The molecular formula is C33H51N3O7. The van der Waals surface area contributed by atoms with Crippen LogP contribution < -0.4 is 5.32 Å². The van der Waals surface area contributed by atoms with Crippen molar-refractivity contribution < 1.29 is 33.7 Å². The van der Waals surface area contributed by atoms with Crippen molar-refractivity contribution in [2.45, 2.75) is 89.9 Å². The molecule has 2 heterocycles. The minimum atomic E-state index is -0.991. The quantitative estimate of drug-likeness (QED) is 0.446. The Hall–Kier alpha value is -2.17. The highest BCUT2D eigenvalue weighted by atomic mass is 16.5. The van der Waals surface area contributed by atoms with E-state index in [9.17, 15) is 19.5 Å². The molecule has 10 nitrogen and oxygen atoms in total. The van der Waals surface area contributed by atoms with Gasteiger partial charge in [0, 0.05) is 70.0 Å². The van der Waals surface area contributed by atoms with E-state index >= 15 is 0 Å². The summed E-state index contributed by atoms with van der Waals surface area (Å²) in [6.07, 6.45) is 8.24. The Morgan fingerprint density at radius 3 is 2.60 bits per heavy atom. The normalized spacial score (nSPS) is 42.6. The summed E-state index contributed by atoms with van der Waals surface area (Å²) in [4.78, 5) is 41.6. The molecule has 0 aromatic heterocycles. The maximum absolute atomic E-state index is 13.1. The van der Waals surface area contributed by atoms with Gasteiger partial charge in [-0.1, -0.05) is 13.8 Å². The number of hydrogen-bond donors (Lipinski definition) is 2. The molecular weight excluding hydrogens is 550 g/mol. The molecule has 0 radical (unpaired) electrons. The number of esters is 2. The van der Waals surface area contributed by atoms with Crippen molar-refractivity contribution >= 4 is 18.0 Å². The minimum Gasteiger partial charge on any atom is -0.462 e. The molecule has 4 aliphatic carbocycles. The van der Waals surface area contributed by atoms with E-state index in [0.29, 0.717) is 24.8 Å². The van der Waals surface area contributed by atoms with Crippen molar-refractivity contribution in [2.75, 3.05) is 53.0 Å². The number of fused-ring (bicyclic) bond motifs is 5. The van der Waals surface area contributed by atoms with Crippen LogP contribution >= 0.6 is 0 Å². The first-order chi connectivity index (χ1) is 20.5. The van der Waals surface area contributed by atoms with Gasteiger partial charge in [0.1, 0.15) is 12.7 Å². The standard InChI is InChI=1S/C33H51N3O7/c1-21(37)43-27-19-33(40)26-6-5-23-18-24(35(4)30(39)34-11-12-36-13-15-41-16-14-36)7-9-31(23,2)25(26)8-10-32(33,3)29(27)22-17-28(38)42-20-22/h17,23-27,29,40H,5-16,18-20H2,1-4H3,(H,34,39). The first-order valence-corrected chi connectivity index (χ1v) is 16.5. The number of nitrogens with zero attached hydrogens (tertiary/aromatic N) is 2. The maximum atomic E-state index is 13.1. The SMILES string of the molecule is CC(=O)OC1CC2(O)C3CCC4CC(N(C)C(=O)NCCN5CCOCC5)CCC4(C)C3CCC2(C)C1C1=CC(=O)OC1. The third-order valence-electron chi connectivity index (χ3n) is 12.9. The molecule has 9 unspecified atom stereocenters. The zero-order valence-corrected chi connectivity index (χ0v) is 26.4. The van der Waals surface area contributed by atoms with Crippen molar-refractivity contribution in [2.24, 2.45) is 34.5 Å². The molecule has 0 aromatic carbocycles. The molecule has 0 bridgehead atoms. The molecule has 240 valence electrons. The van der Waals surface area contributed by atoms with Crippen molar-refractivity contribution in [1.29, 1.82) is 0 Å². The van der Waals surface area contributed by atoms with Gasteiger partial charge in [0.05, 0.1) is 18.8 Å². The molecule has 10 heteroatoms. The molecule has 6 rings (SSSR count). The van der Waals surface area contributed by atoms with Crippen LogP contribution in [0.15, 0.2) is 11.6 Å². The Labute approximate surface area is 255 Å². The highest BCUT2D eigenvalue weighted by Crippen LogP contribution is 2.70. The molecule has 2 N–H and O–H groups in total. The number of amides is 2. The van der Waals surface area contributed by atoms with Gasteiger partial charge in [-0.3, -0.25) is 9.69 Å². The number of aliphatic hydroxyl groups is 1. The van der Waals surface area contributed by atoms with Crippen LogP contribution in [0.25, 0.3) is 0 Å². The number of urea groups is 1. The summed E-state index contributed by atoms with van der Waals surface area (Å²) in [5.41, 5.74) is -0.562. The molecule has 43 heavy (non-hydrogen) atoms. The Kier molecular flexibility index (Phi) is 8.35. The lowest BCUT2D eigenvalue weighted by molar-refractivity contribution is -0.206. The van der Waals surface area contributed by atoms with Crippen molar-refractivity contribution in [3.05, 3.63) is 11.6 Å². The van der Waals surface area contributed by atoms with Crippen LogP contribution in [0.4, 0.5) is 4.79 Å². The fourth-order valence-corrected chi connectivity index (χ4v) is 10.5. The number of carbonyl (C=O) groups is 3. The zero-order valence-electron chi connectivity index (χ0n) is 26.4. The van der Waals surface area contributed by atoms with E-state index in [2.05, 4.69) is 24.1 Å². The van der Waals surface area contributed by atoms with Gasteiger partial charge in [-0.2, -0.15) is 0 Å². The van der Waals surface area contributed by atoms with E-state index in [0.717, 1.165) is 83.4 Å². The van der Waals surface area contributed by atoms with Crippen LogP contribution in [-0.4, -0.2) is 104 Å². The lowest BCUT2D eigenvalue weighted by Gasteiger charge is -2.64. The molecule has 0 aromatic rings. The lowest BCUT2D eigenvalue weighted by Crippen LogP contribution is -2.63. The van der Waals surface area contributed by atoms with Gasteiger partial charge < -0.3 is 29.5 Å².